The molecule has 1 saturated heterocycles. The van der Waals surface area contributed by atoms with E-state index in [1.807, 2.05) is 0 Å². The number of ether oxygens (including phenoxy) is 1. The Labute approximate surface area is 101 Å². The Morgan fingerprint density at radius 1 is 1.18 bits per heavy atom. The zero-order chi connectivity index (χ0) is 12.3. The highest BCUT2D eigenvalue weighted by molar-refractivity contribution is 5.89. The molecule has 1 aliphatic carbocycles. The van der Waals surface area contributed by atoms with E-state index in [0.717, 1.165) is 25.8 Å². The lowest BCUT2D eigenvalue weighted by Gasteiger charge is -2.45. The van der Waals surface area contributed by atoms with Crippen LogP contribution < -0.4 is 5.73 Å². The second kappa shape index (κ2) is 5.60. The Hall–Kier alpha value is -0.940. The third-order valence-corrected chi connectivity index (χ3v) is 3.76. The van der Waals surface area contributed by atoms with Crippen molar-refractivity contribution in [3.8, 4) is 0 Å². The average Bonchev–Trinajstić information content (AvgIpc) is 2.28. The minimum absolute atomic E-state index is 0.214. The van der Waals surface area contributed by atoms with Crippen LogP contribution in [0.1, 0.15) is 38.5 Å². The van der Waals surface area contributed by atoms with Gasteiger partial charge in [0.1, 0.15) is 6.04 Å². The Balaban J connectivity index is 1.84. The molecule has 17 heavy (non-hydrogen) atoms. The van der Waals surface area contributed by atoms with Gasteiger partial charge in [0.05, 0.1) is 6.54 Å². The lowest BCUT2D eigenvalue weighted by Crippen LogP contribution is -2.58. The van der Waals surface area contributed by atoms with Crippen molar-refractivity contribution in [2.24, 2.45) is 5.73 Å². The molecule has 1 atom stereocenters. The first-order chi connectivity index (χ1) is 8.22. The fraction of sp³-hybridized carbons (Fsp3) is 0.833. The van der Waals surface area contributed by atoms with Gasteiger partial charge in [0, 0.05) is 12.6 Å². The molecule has 5 heteroatoms. The van der Waals surface area contributed by atoms with E-state index in [9.17, 15) is 9.59 Å². The summed E-state index contributed by atoms with van der Waals surface area (Å²) >= 11 is 0. The summed E-state index contributed by atoms with van der Waals surface area (Å²) in [6.07, 6.45) is 6.90. The van der Waals surface area contributed by atoms with Crippen molar-refractivity contribution in [1.82, 2.24) is 4.90 Å². The van der Waals surface area contributed by atoms with Gasteiger partial charge in [-0.1, -0.05) is 19.3 Å². The number of hydrogen-bond donors (Lipinski definition) is 1. The first-order valence-electron chi connectivity index (χ1n) is 6.42. The molecule has 1 heterocycles. The van der Waals surface area contributed by atoms with Crippen LogP contribution in [0, 0.1) is 0 Å². The van der Waals surface area contributed by atoms with Crippen LogP contribution in [0.5, 0.6) is 0 Å². The number of carbonyl (C=O) groups excluding carboxylic acids is 2. The number of rotatable bonds is 3. The molecule has 0 aromatic carbocycles. The Morgan fingerprint density at radius 2 is 1.88 bits per heavy atom. The first kappa shape index (κ1) is 12.5. The van der Waals surface area contributed by atoms with Crippen LogP contribution in [0.2, 0.25) is 0 Å². The minimum Gasteiger partial charge on any atom is -0.391 e. The van der Waals surface area contributed by atoms with Gasteiger partial charge in [-0.15, -0.1) is 0 Å². The van der Waals surface area contributed by atoms with Crippen molar-refractivity contribution < 1.29 is 14.3 Å². The number of nitrogens with two attached hydrogens (primary N) is 1. The smallest absolute Gasteiger partial charge is 0.331 e. The fourth-order valence-corrected chi connectivity index (χ4v) is 2.73. The van der Waals surface area contributed by atoms with Gasteiger partial charge in [-0.3, -0.25) is 9.69 Å². The van der Waals surface area contributed by atoms with E-state index in [-0.39, 0.29) is 12.6 Å². The van der Waals surface area contributed by atoms with Crippen LogP contribution in [-0.4, -0.2) is 42.0 Å². The summed E-state index contributed by atoms with van der Waals surface area (Å²) in [6, 6.07) is 0.289. The van der Waals surface area contributed by atoms with Crippen LogP contribution in [0.3, 0.4) is 0 Å². The molecule has 2 aliphatic rings. The molecule has 2 N–H and O–H groups in total. The molecule has 0 bridgehead atoms. The fourth-order valence-electron chi connectivity index (χ4n) is 2.73. The zero-order valence-electron chi connectivity index (χ0n) is 10.1. The maximum atomic E-state index is 11.7. The molecule has 2 rings (SSSR count). The molecule has 0 aromatic rings. The summed E-state index contributed by atoms with van der Waals surface area (Å²) in [5.41, 5.74) is 5.12. The van der Waals surface area contributed by atoms with Gasteiger partial charge >= 0.3 is 11.9 Å². The predicted molar refractivity (Wildman–Crippen MR) is 62.1 cm³/mol. The van der Waals surface area contributed by atoms with Gasteiger partial charge in [-0.05, 0) is 19.3 Å². The van der Waals surface area contributed by atoms with Gasteiger partial charge in [0.2, 0.25) is 0 Å². The molecular formula is C12H20N2O3. The lowest BCUT2D eigenvalue weighted by atomic mass is 9.89. The van der Waals surface area contributed by atoms with Crippen LogP contribution in [0.4, 0.5) is 0 Å². The van der Waals surface area contributed by atoms with Crippen LogP contribution >= 0.6 is 0 Å². The quantitative estimate of drug-likeness (QED) is 0.572. The second-order valence-electron chi connectivity index (χ2n) is 4.83. The Kier molecular flexibility index (Phi) is 4.12. The average molecular weight is 240 g/mol. The summed E-state index contributed by atoms with van der Waals surface area (Å²) < 4.78 is 4.68. The highest BCUT2D eigenvalue weighted by Crippen LogP contribution is 2.30. The molecule has 1 unspecified atom stereocenters. The number of carbonyl (C=O) groups is 2. The molecule has 2 fully saturated rings. The van der Waals surface area contributed by atoms with Gasteiger partial charge in [0.25, 0.3) is 0 Å². The Bertz CT molecular complexity index is 300. The maximum absolute atomic E-state index is 11.7. The van der Waals surface area contributed by atoms with Crippen molar-refractivity contribution in [3.05, 3.63) is 0 Å². The third kappa shape index (κ3) is 2.84. The number of likely N-dealkylation sites (tertiary alicyclic amines) is 1. The largest absolute Gasteiger partial charge is 0.391 e. The zero-order valence-corrected chi connectivity index (χ0v) is 10.1. The Morgan fingerprint density at radius 3 is 2.41 bits per heavy atom. The SMILES string of the molecule is NCC(=O)OC(=O)C1CCN1C1CCCCC1. The van der Waals surface area contributed by atoms with E-state index in [1.165, 1.54) is 19.3 Å². The monoisotopic (exact) mass is 240 g/mol. The van der Waals surface area contributed by atoms with E-state index in [4.69, 9.17) is 5.73 Å². The lowest BCUT2D eigenvalue weighted by molar-refractivity contribution is -0.167. The van der Waals surface area contributed by atoms with E-state index in [2.05, 4.69) is 9.64 Å². The molecule has 1 aliphatic heterocycles. The van der Waals surface area contributed by atoms with Gasteiger partial charge < -0.3 is 10.5 Å². The predicted octanol–water partition coefficient (Wildman–Crippen LogP) is 0.422. The molecule has 0 aromatic heterocycles. The van der Waals surface area contributed by atoms with Crippen molar-refractivity contribution in [2.75, 3.05) is 13.1 Å². The molecule has 0 spiro atoms. The van der Waals surface area contributed by atoms with Crippen molar-refractivity contribution in [3.63, 3.8) is 0 Å². The number of hydrogen-bond acceptors (Lipinski definition) is 5. The van der Waals surface area contributed by atoms with Crippen LogP contribution in [-0.2, 0) is 14.3 Å². The summed E-state index contributed by atoms with van der Waals surface area (Å²) in [4.78, 5) is 24.9. The second-order valence-corrected chi connectivity index (χ2v) is 4.83. The van der Waals surface area contributed by atoms with Crippen LogP contribution in [0.15, 0.2) is 0 Å². The number of esters is 2. The highest BCUT2D eigenvalue weighted by atomic mass is 16.6. The van der Waals surface area contributed by atoms with Gasteiger partial charge in [-0.2, -0.15) is 0 Å². The standard InChI is InChI=1S/C12H20N2O3/c13-8-11(15)17-12(16)10-6-7-14(10)9-4-2-1-3-5-9/h9-10H,1-8,13H2. The molecular weight excluding hydrogens is 220 g/mol. The van der Waals surface area contributed by atoms with Crippen LogP contribution in [0.25, 0.3) is 0 Å². The molecule has 5 nitrogen and oxygen atoms in total. The summed E-state index contributed by atoms with van der Waals surface area (Å²) in [5.74, 6) is -1.05. The van der Waals surface area contributed by atoms with E-state index < -0.39 is 11.9 Å². The summed E-state index contributed by atoms with van der Waals surface area (Å²) in [7, 11) is 0. The molecule has 0 radical (unpaired) electrons. The first-order valence-corrected chi connectivity index (χ1v) is 6.42. The summed E-state index contributed by atoms with van der Waals surface area (Å²) in [6.45, 7) is 0.711. The van der Waals surface area contributed by atoms with Crippen molar-refractivity contribution >= 4 is 11.9 Å². The maximum Gasteiger partial charge on any atom is 0.331 e. The third-order valence-electron chi connectivity index (χ3n) is 3.76. The number of nitrogens with zero attached hydrogens (tertiary/aromatic N) is 1. The molecule has 1 saturated carbocycles. The minimum atomic E-state index is -0.634. The van der Waals surface area contributed by atoms with Gasteiger partial charge in [0.15, 0.2) is 0 Å². The van der Waals surface area contributed by atoms with E-state index in [0.29, 0.717) is 6.04 Å². The summed E-state index contributed by atoms with van der Waals surface area (Å²) in [5, 5.41) is 0. The normalized spacial score (nSPS) is 26.3. The molecule has 96 valence electrons. The van der Waals surface area contributed by atoms with E-state index >= 15 is 0 Å². The van der Waals surface area contributed by atoms with Crippen molar-refractivity contribution in [2.45, 2.75) is 50.6 Å². The highest BCUT2D eigenvalue weighted by Gasteiger charge is 2.40. The molecule has 0 amide bonds. The topological polar surface area (TPSA) is 72.6 Å². The van der Waals surface area contributed by atoms with Gasteiger partial charge in [-0.25, -0.2) is 4.79 Å². The van der Waals surface area contributed by atoms with Crippen molar-refractivity contribution in [1.29, 1.82) is 0 Å². The van der Waals surface area contributed by atoms with E-state index in [1.54, 1.807) is 0 Å².